The van der Waals surface area contributed by atoms with Crippen LogP contribution in [0.15, 0.2) is 24.4 Å². The largest absolute Gasteiger partial charge is 0.507 e. The number of amides is 1. The maximum absolute atomic E-state index is 11.9. The highest BCUT2D eigenvalue weighted by atomic mass is 127. The van der Waals surface area contributed by atoms with Crippen molar-refractivity contribution in [2.75, 3.05) is 0 Å². The number of nitrogens with one attached hydrogen (secondary N) is 1. The number of hydrogen-bond donors (Lipinski definition) is 2. The Balaban J connectivity index is 1.99. The fraction of sp³-hybridized carbons (Fsp3) is 0.231. The fourth-order valence-electron chi connectivity index (χ4n) is 1.51. The number of carbonyl (C=O) groups excluding carboxylic acids is 1. The molecule has 0 aliphatic rings. The van der Waals surface area contributed by atoms with Crippen LogP contribution in [0, 0.1) is 3.57 Å². The van der Waals surface area contributed by atoms with Crippen LogP contribution in [-0.4, -0.2) is 16.0 Å². The fourth-order valence-corrected chi connectivity index (χ4v) is 2.64. The Labute approximate surface area is 129 Å². The lowest BCUT2D eigenvalue weighted by molar-refractivity contribution is 0.0950. The molecule has 0 bridgehead atoms. The number of halogens is 1. The Bertz CT molecular complexity index is 598. The van der Waals surface area contributed by atoms with E-state index in [2.05, 4.69) is 17.2 Å². The summed E-state index contributed by atoms with van der Waals surface area (Å²) in [6.45, 7) is 2.49. The van der Waals surface area contributed by atoms with Gasteiger partial charge in [0.15, 0.2) is 0 Å². The van der Waals surface area contributed by atoms with Crippen LogP contribution >= 0.6 is 33.9 Å². The molecule has 1 aromatic heterocycles. The minimum atomic E-state index is -0.208. The lowest BCUT2D eigenvalue weighted by atomic mass is 10.2. The summed E-state index contributed by atoms with van der Waals surface area (Å²) < 4.78 is 0.724. The smallest absolute Gasteiger partial charge is 0.251 e. The van der Waals surface area contributed by atoms with Crippen LogP contribution in [-0.2, 0) is 13.0 Å². The third kappa shape index (κ3) is 3.66. The highest BCUT2D eigenvalue weighted by Gasteiger charge is 2.09. The van der Waals surface area contributed by atoms with E-state index in [0.29, 0.717) is 12.1 Å². The number of phenolic OH excluding ortho intramolecular Hbond substituents is 1. The minimum Gasteiger partial charge on any atom is -0.507 e. The highest BCUT2D eigenvalue weighted by molar-refractivity contribution is 14.1. The number of benzene rings is 1. The molecule has 0 aliphatic heterocycles. The molecule has 1 heterocycles. The van der Waals surface area contributed by atoms with Crippen molar-refractivity contribution in [3.8, 4) is 5.75 Å². The minimum absolute atomic E-state index is 0.121. The first-order valence-corrected chi connectivity index (χ1v) is 7.70. The van der Waals surface area contributed by atoms with Crippen LogP contribution in [0.2, 0.25) is 0 Å². The second kappa shape index (κ2) is 6.33. The molecule has 0 atom stereocenters. The average Bonchev–Trinajstić information content (AvgIpc) is 2.87. The second-order valence-electron chi connectivity index (χ2n) is 3.92. The maximum Gasteiger partial charge on any atom is 0.251 e. The van der Waals surface area contributed by atoms with Crippen LogP contribution in [0.5, 0.6) is 5.75 Å². The number of aromatic nitrogens is 1. The van der Waals surface area contributed by atoms with E-state index in [1.807, 2.05) is 28.8 Å². The predicted octanol–water partition coefficient (Wildman–Crippen LogP) is 2.95. The van der Waals surface area contributed by atoms with Crippen molar-refractivity contribution in [1.82, 2.24) is 10.3 Å². The predicted molar refractivity (Wildman–Crippen MR) is 83.5 cm³/mol. The molecule has 6 heteroatoms. The number of aromatic hydroxyl groups is 1. The third-order valence-corrected chi connectivity index (χ3v) is 4.61. The molecular weight excluding hydrogens is 375 g/mol. The van der Waals surface area contributed by atoms with Gasteiger partial charge in [0.1, 0.15) is 10.8 Å². The van der Waals surface area contributed by atoms with Crippen LogP contribution < -0.4 is 5.32 Å². The van der Waals surface area contributed by atoms with Gasteiger partial charge in [-0.1, -0.05) is 6.92 Å². The second-order valence-corrected chi connectivity index (χ2v) is 6.28. The molecule has 4 nitrogen and oxygen atoms in total. The van der Waals surface area contributed by atoms with Crippen LogP contribution in [0.1, 0.15) is 27.2 Å². The van der Waals surface area contributed by atoms with E-state index in [1.165, 1.54) is 10.9 Å². The Kier molecular flexibility index (Phi) is 4.76. The van der Waals surface area contributed by atoms with Gasteiger partial charge in [0, 0.05) is 16.6 Å². The van der Waals surface area contributed by atoms with Gasteiger partial charge in [0.05, 0.1) is 10.1 Å². The lowest BCUT2D eigenvalue weighted by Gasteiger charge is -2.04. The Morgan fingerprint density at radius 2 is 2.32 bits per heavy atom. The molecule has 0 spiro atoms. The molecule has 100 valence electrons. The van der Waals surface area contributed by atoms with Gasteiger partial charge in [-0.2, -0.15) is 0 Å². The van der Waals surface area contributed by atoms with Gasteiger partial charge in [-0.15, -0.1) is 11.3 Å². The van der Waals surface area contributed by atoms with E-state index in [1.54, 1.807) is 23.5 Å². The van der Waals surface area contributed by atoms with Crippen molar-refractivity contribution in [2.45, 2.75) is 19.9 Å². The zero-order valence-corrected chi connectivity index (χ0v) is 13.3. The lowest BCUT2D eigenvalue weighted by Crippen LogP contribution is -2.22. The van der Waals surface area contributed by atoms with Crippen LogP contribution in [0.4, 0.5) is 0 Å². The summed E-state index contributed by atoms with van der Waals surface area (Å²) in [5.41, 5.74) is 0.449. The normalized spacial score (nSPS) is 10.4. The van der Waals surface area contributed by atoms with Gasteiger partial charge in [-0.25, -0.2) is 4.98 Å². The first kappa shape index (κ1) is 14.3. The van der Waals surface area contributed by atoms with Gasteiger partial charge in [-0.3, -0.25) is 4.79 Å². The van der Waals surface area contributed by atoms with Crippen molar-refractivity contribution >= 4 is 39.8 Å². The quantitative estimate of drug-likeness (QED) is 0.792. The van der Waals surface area contributed by atoms with Crippen molar-refractivity contribution in [3.05, 3.63) is 43.4 Å². The number of rotatable bonds is 4. The molecule has 2 aromatic rings. The molecule has 0 fully saturated rings. The van der Waals surface area contributed by atoms with E-state index in [0.717, 1.165) is 15.0 Å². The van der Waals surface area contributed by atoms with Gasteiger partial charge in [-0.05, 0) is 47.2 Å². The summed E-state index contributed by atoms with van der Waals surface area (Å²) in [6.07, 6.45) is 2.79. The molecule has 0 saturated heterocycles. The molecular formula is C13H13IN2O2S. The van der Waals surface area contributed by atoms with E-state index in [4.69, 9.17) is 0 Å². The Morgan fingerprint density at radius 3 is 2.95 bits per heavy atom. The highest BCUT2D eigenvalue weighted by Crippen LogP contribution is 2.20. The topological polar surface area (TPSA) is 62.2 Å². The molecule has 1 aromatic carbocycles. The monoisotopic (exact) mass is 388 g/mol. The number of phenols is 1. The first-order valence-electron chi connectivity index (χ1n) is 5.80. The van der Waals surface area contributed by atoms with Crippen molar-refractivity contribution in [2.24, 2.45) is 0 Å². The molecule has 0 radical (unpaired) electrons. The van der Waals surface area contributed by atoms with Gasteiger partial charge >= 0.3 is 0 Å². The molecule has 1 amide bonds. The summed E-state index contributed by atoms with van der Waals surface area (Å²) in [5.74, 6) is -0.0873. The zero-order chi connectivity index (χ0) is 13.8. The van der Waals surface area contributed by atoms with Crippen molar-refractivity contribution < 1.29 is 9.90 Å². The number of hydrogen-bond acceptors (Lipinski definition) is 4. The average molecular weight is 388 g/mol. The van der Waals surface area contributed by atoms with Crippen molar-refractivity contribution in [3.63, 3.8) is 0 Å². The van der Waals surface area contributed by atoms with E-state index in [-0.39, 0.29) is 11.7 Å². The van der Waals surface area contributed by atoms with E-state index >= 15 is 0 Å². The van der Waals surface area contributed by atoms with Crippen molar-refractivity contribution in [1.29, 1.82) is 0 Å². The summed E-state index contributed by atoms with van der Waals surface area (Å²) in [7, 11) is 0. The number of aryl methyl sites for hydroxylation is 1. The van der Waals surface area contributed by atoms with E-state index < -0.39 is 0 Å². The summed E-state index contributed by atoms with van der Waals surface area (Å²) >= 11 is 3.61. The molecule has 2 N–H and O–H groups in total. The third-order valence-electron chi connectivity index (χ3n) is 2.56. The summed E-state index contributed by atoms with van der Waals surface area (Å²) in [6, 6.07) is 4.87. The number of carbonyl (C=O) groups is 1. The number of thiazole rings is 1. The van der Waals surface area contributed by atoms with E-state index in [9.17, 15) is 9.90 Å². The summed E-state index contributed by atoms with van der Waals surface area (Å²) in [4.78, 5) is 17.4. The summed E-state index contributed by atoms with van der Waals surface area (Å²) in [5, 5.41) is 13.3. The maximum atomic E-state index is 11.9. The Morgan fingerprint density at radius 1 is 1.53 bits per heavy atom. The first-order chi connectivity index (χ1) is 9.10. The van der Waals surface area contributed by atoms with Crippen LogP contribution in [0.3, 0.4) is 0 Å². The van der Waals surface area contributed by atoms with Gasteiger partial charge in [0.2, 0.25) is 0 Å². The SMILES string of the molecule is CCc1cnc(CNC(=O)c2ccc(I)c(O)c2)s1. The zero-order valence-electron chi connectivity index (χ0n) is 10.3. The standard InChI is InChI=1S/C13H13IN2O2S/c1-2-9-6-15-12(19-9)7-16-13(18)8-3-4-10(14)11(17)5-8/h3-6,17H,2,7H2,1H3,(H,16,18). The molecule has 0 unspecified atom stereocenters. The molecule has 19 heavy (non-hydrogen) atoms. The molecule has 0 saturated carbocycles. The molecule has 2 rings (SSSR count). The Hall–Kier alpha value is -1.15. The van der Waals surface area contributed by atoms with Gasteiger partial charge < -0.3 is 10.4 Å². The number of nitrogens with zero attached hydrogens (tertiary/aromatic N) is 1. The van der Waals surface area contributed by atoms with Gasteiger partial charge in [0.25, 0.3) is 5.91 Å². The van der Waals surface area contributed by atoms with Crippen LogP contribution in [0.25, 0.3) is 0 Å². The molecule has 0 aliphatic carbocycles.